The number of primary amides is 1. The summed E-state index contributed by atoms with van der Waals surface area (Å²) in [5.41, 5.74) is 6.39. The first kappa shape index (κ1) is 24.4. The van der Waals surface area contributed by atoms with Gasteiger partial charge in [-0.15, -0.1) is 11.8 Å². The van der Waals surface area contributed by atoms with Crippen molar-refractivity contribution in [2.75, 3.05) is 29.5 Å². The van der Waals surface area contributed by atoms with E-state index >= 15 is 0 Å². The number of thioether (sulfide) groups is 1. The second-order valence-electron chi connectivity index (χ2n) is 7.40. The van der Waals surface area contributed by atoms with Crippen LogP contribution in [0, 0.1) is 0 Å². The van der Waals surface area contributed by atoms with Crippen LogP contribution in [0.4, 0.5) is 11.4 Å². The third-order valence-corrected chi connectivity index (χ3v) is 6.82. The van der Waals surface area contributed by atoms with Gasteiger partial charge < -0.3 is 16.4 Å². The Bertz CT molecular complexity index is 1000. The summed E-state index contributed by atoms with van der Waals surface area (Å²) >= 11 is 13.2. The van der Waals surface area contributed by atoms with E-state index in [0.29, 0.717) is 34.4 Å². The lowest BCUT2D eigenvalue weighted by atomic mass is 10.0. The van der Waals surface area contributed by atoms with Gasteiger partial charge in [-0.3, -0.25) is 19.3 Å². The van der Waals surface area contributed by atoms with Gasteiger partial charge in [-0.25, -0.2) is 0 Å². The van der Waals surface area contributed by atoms with Crippen molar-refractivity contribution in [2.45, 2.75) is 30.2 Å². The number of likely N-dealkylation sites (tertiary alicyclic amines) is 1. The number of nitrogens with one attached hydrogen (secondary N) is 2. The van der Waals surface area contributed by atoms with Crippen molar-refractivity contribution in [3.05, 3.63) is 52.5 Å². The van der Waals surface area contributed by atoms with Crippen LogP contribution in [0.15, 0.2) is 47.4 Å². The highest BCUT2D eigenvalue weighted by atomic mass is 35.5. The molecule has 0 radical (unpaired) electrons. The third-order valence-electron chi connectivity index (χ3n) is 4.98. The smallest absolute Gasteiger partial charge is 0.241 e. The molecule has 1 saturated heterocycles. The van der Waals surface area contributed by atoms with Crippen LogP contribution in [0.3, 0.4) is 0 Å². The summed E-state index contributed by atoms with van der Waals surface area (Å²) < 4.78 is 0. The first-order valence-corrected chi connectivity index (χ1v) is 11.9. The molecule has 0 bridgehead atoms. The van der Waals surface area contributed by atoms with E-state index in [-0.39, 0.29) is 24.1 Å². The lowest BCUT2D eigenvalue weighted by molar-refractivity contribution is -0.125. The highest BCUT2D eigenvalue weighted by Gasteiger charge is 2.30. The number of hydrogen-bond acceptors (Lipinski definition) is 5. The van der Waals surface area contributed by atoms with Gasteiger partial charge >= 0.3 is 0 Å². The van der Waals surface area contributed by atoms with Crippen molar-refractivity contribution in [1.82, 2.24) is 4.90 Å². The molecule has 1 fully saturated rings. The van der Waals surface area contributed by atoms with Gasteiger partial charge in [0.1, 0.15) is 0 Å². The highest BCUT2D eigenvalue weighted by Crippen LogP contribution is 2.28. The summed E-state index contributed by atoms with van der Waals surface area (Å²) in [6.45, 7) is 0.721. The zero-order chi connectivity index (χ0) is 23.1. The fourth-order valence-corrected chi connectivity index (χ4v) is 4.54. The third kappa shape index (κ3) is 6.87. The normalized spacial score (nSPS) is 16.4. The lowest BCUT2D eigenvalue weighted by Gasteiger charge is -2.34. The molecular formula is C22H24Cl2N4O3S. The minimum Gasteiger partial charge on any atom is -0.369 e. The minimum atomic E-state index is -0.430. The van der Waals surface area contributed by atoms with E-state index in [0.717, 1.165) is 17.7 Å². The monoisotopic (exact) mass is 494 g/mol. The van der Waals surface area contributed by atoms with Gasteiger partial charge in [0.15, 0.2) is 0 Å². The predicted molar refractivity (Wildman–Crippen MR) is 129 cm³/mol. The molecule has 2 aromatic carbocycles. The van der Waals surface area contributed by atoms with E-state index in [1.807, 2.05) is 17.0 Å². The summed E-state index contributed by atoms with van der Waals surface area (Å²) in [6, 6.07) is 11.7. The Hall–Kier alpha value is -2.26. The topological polar surface area (TPSA) is 105 Å². The molecule has 10 heteroatoms. The molecule has 0 spiro atoms. The van der Waals surface area contributed by atoms with Crippen molar-refractivity contribution in [2.24, 2.45) is 5.73 Å². The molecule has 7 nitrogen and oxygen atoms in total. The average Bonchev–Trinajstić information content (AvgIpc) is 2.76. The van der Waals surface area contributed by atoms with Crippen LogP contribution in [0.5, 0.6) is 0 Å². The quantitative estimate of drug-likeness (QED) is 0.481. The number of rotatable bonds is 8. The number of piperidine rings is 1. The maximum atomic E-state index is 12.9. The number of nitrogens with two attached hydrogens (primary N) is 1. The van der Waals surface area contributed by atoms with Crippen LogP contribution < -0.4 is 16.4 Å². The number of halogens is 2. The van der Waals surface area contributed by atoms with Crippen molar-refractivity contribution in [3.8, 4) is 0 Å². The predicted octanol–water partition coefficient (Wildman–Crippen LogP) is 4.00. The molecule has 170 valence electrons. The standard InChI is InChI=1S/C22H24Cl2N4O3S/c23-15-9-8-14(11-16(15)24)26-22(31)18-6-3-4-10-28(18)12-21(30)27-17-5-1-2-7-19(17)32-13-20(25)29/h1-2,5,7-9,11,18H,3-4,6,10,12-13H2,(H2,25,29)(H,26,31)(H,27,30). The Morgan fingerprint density at radius 3 is 2.59 bits per heavy atom. The van der Waals surface area contributed by atoms with Gasteiger partial charge in [-0.2, -0.15) is 0 Å². The Labute approximate surface area is 201 Å². The Balaban J connectivity index is 1.63. The molecule has 2 aromatic rings. The maximum Gasteiger partial charge on any atom is 0.241 e. The number of amides is 3. The molecule has 1 aliphatic rings. The van der Waals surface area contributed by atoms with Gasteiger partial charge in [-0.05, 0) is 49.7 Å². The Morgan fingerprint density at radius 1 is 1.06 bits per heavy atom. The summed E-state index contributed by atoms with van der Waals surface area (Å²) in [6.07, 6.45) is 2.48. The van der Waals surface area contributed by atoms with Crippen LogP contribution in [-0.2, 0) is 14.4 Å². The molecule has 32 heavy (non-hydrogen) atoms. The Kier molecular flexibility index (Phi) is 8.81. The number of hydrogen-bond donors (Lipinski definition) is 3. The molecule has 1 unspecified atom stereocenters. The largest absolute Gasteiger partial charge is 0.369 e. The van der Waals surface area contributed by atoms with Gasteiger partial charge in [0.05, 0.1) is 34.1 Å². The molecule has 3 amide bonds. The van der Waals surface area contributed by atoms with Gasteiger partial charge in [0.2, 0.25) is 17.7 Å². The molecule has 0 aromatic heterocycles. The van der Waals surface area contributed by atoms with E-state index in [9.17, 15) is 14.4 Å². The number of anilines is 2. The summed E-state index contributed by atoms with van der Waals surface area (Å²) in [7, 11) is 0. The van der Waals surface area contributed by atoms with Gasteiger partial charge in [0.25, 0.3) is 0 Å². The first-order chi connectivity index (χ1) is 15.3. The molecule has 4 N–H and O–H groups in total. The van der Waals surface area contributed by atoms with Crippen LogP contribution >= 0.6 is 35.0 Å². The molecule has 1 heterocycles. The number of para-hydroxylation sites is 1. The van der Waals surface area contributed by atoms with Crippen LogP contribution in [-0.4, -0.2) is 47.5 Å². The summed E-state index contributed by atoms with van der Waals surface area (Å²) in [5.74, 6) is -0.726. The maximum absolute atomic E-state index is 12.9. The second-order valence-corrected chi connectivity index (χ2v) is 9.23. The fraction of sp³-hybridized carbons (Fsp3) is 0.318. The summed E-state index contributed by atoms with van der Waals surface area (Å²) in [4.78, 5) is 39.4. The second kappa shape index (κ2) is 11.6. The van der Waals surface area contributed by atoms with Gasteiger partial charge in [-0.1, -0.05) is 41.8 Å². The lowest BCUT2D eigenvalue weighted by Crippen LogP contribution is -2.49. The van der Waals surface area contributed by atoms with E-state index in [4.69, 9.17) is 28.9 Å². The fourth-order valence-electron chi connectivity index (χ4n) is 3.50. The molecule has 0 saturated carbocycles. The molecular weight excluding hydrogens is 471 g/mol. The summed E-state index contributed by atoms with van der Waals surface area (Å²) in [5, 5.41) is 6.52. The van der Waals surface area contributed by atoms with E-state index in [2.05, 4.69) is 10.6 Å². The zero-order valence-electron chi connectivity index (χ0n) is 17.3. The molecule has 0 aliphatic carbocycles. The van der Waals surface area contributed by atoms with Crippen molar-refractivity contribution in [1.29, 1.82) is 0 Å². The SMILES string of the molecule is NC(=O)CSc1ccccc1NC(=O)CN1CCCCC1C(=O)Nc1ccc(Cl)c(Cl)c1. The molecule has 1 aliphatic heterocycles. The van der Waals surface area contributed by atoms with E-state index < -0.39 is 11.9 Å². The van der Waals surface area contributed by atoms with Gasteiger partial charge in [0, 0.05) is 10.6 Å². The average molecular weight is 495 g/mol. The van der Waals surface area contributed by atoms with E-state index in [1.165, 1.54) is 11.8 Å². The highest BCUT2D eigenvalue weighted by molar-refractivity contribution is 8.00. The van der Waals surface area contributed by atoms with Crippen molar-refractivity contribution < 1.29 is 14.4 Å². The molecule has 3 rings (SSSR count). The Morgan fingerprint density at radius 2 is 1.84 bits per heavy atom. The van der Waals surface area contributed by atoms with Crippen LogP contribution in [0.2, 0.25) is 10.0 Å². The van der Waals surface area contributed by atoms with Crippen molar-refractivity contribution in [3.63, 3.8) is 0 Å². The number of carbonyl (C=O) groups is 3. The minimum absolute atomic E-state index is 0.0777. The van der Waals surface area contributed by atoms with Crippen LogP contribution in [0.25, 0.3) is 0 Å². The van der Waals surface area contributed by atoms with E-state index in [1.54, 1.807) is 30.3 Å². The van der Waals surface area contributed by atoms with Crippen LogP contribution in [0.1, 0.15) is 19.3 Å². The zero-order valence-corrected chi connectivity index (χ0v) is 19.6. The number of carbonyl (C=O) groups excluding carboxylic acids is 3. The number of nitrogens with zero attached hydrogens (tertiary/aromatic N) is 1. The first-order valence-electron chi connectivity index (χ1n) is 10.1. The van der Waals surface area contributed by atoms with Crippen molar-refractivity contribution >= 4 is 64.1 Å². The number of benzene rings is 2. The molecule has 1 atom stereocenters.